The molecular formula is C123H83N15. The molecule has 15 heteroatoms. The van der Waals surface area contributed by atoms with Crippen molar-refractivity contribution in [1.82, 2.24) is 77.1 Å². The van der Waals surface area contributed by atoms with Crippen molar-refractivity contribution in [2.75, 3.05) is 0 Å². The highest BCUT2D eigenvalue weighted by atomic mass is 15.3. The second kappa shape index (κ2) is 35.4. The molecule has 0 unspecified atom stereocenters. The molecule has 24 rings (SSSR count). The highest BCUT2D eigenvalue weighted by Crippen LogP contribution is 2.63. The lowest BCUT2D eigenvalue weighted by atomic mass is 9.73. The van der Waals surface area contributed by atoms with E-state index < -0.39 is 0 Å². The second-order valence-electron chi connectivity index (χ2n) is 35.0. The van der Waals surface area contributed by atoms with Crippen molar-refractivity contribution in [2.24, 2.45) is 0 Å². The zero-order valence-electron chi connectivity index (χ0n) is 75.8. The summed E-state index contributed by atoms with van der Waals surface area (Å²) < 4.78 is 0. The van der Waals surface area contributed by atoms with Crippen LogP contribution >= 0.6 is 0 Å². The van der Waals surface area contributed by atoms with Crippen molar-refractivity contribution < 1.29 is 0 Å². The molecule has 0 amide bonds. The summed E-state index contributed by atoms with van der Waals surface area (Å²) in [6.45, 7) is 9.22. The lowest BCUT2D eigenvalue weighted by Gasteiger charge is -2.30. The van der Waals surface area contributed by atoms with Crippen LogP contribution in [0, 0.1) is 27.7 Å². The Morgan fingerprint density at radius 3 is 0.638 bits per heavy atom. The summed E-state index contributed by atoms with van der Waals surface area (Å²) >= 11 is 0. The summed E-state index contributed by atoms with van der Waals surface area (Å²) in [5, 5.41) is 77.0. The number of fused-ring (bicyclic) bond motifs is 6. The number of hydrogen-bond donors (Lipinski definition) is 0. The van der Waals surface area contributed by atoms with Gasteiger partial charge in [0, 0.05) is 89.0 Å². The van der Waals surface area contributed by atoms with Crippen LogP contribution in [0.15, 0.2) is 406 Å². The molecule has 15 nitrogen and oxygen atoms in total. The first-order valence-corrected chi connectivity index (χ1v) is 46.4. The molecule has 0 saturated heterocycles. The first-order valence-electron chi connectivity index (χ1n) is 46.4. The van der Waals surface area contributed by atoms with Crippen LogP contribution in [0.1, 0.15) is 44.5 Å². The fourth-order valence-corrected chi connectivity index (χ4v) is 21.2. The van der Waals surface area contributed by atoms with Gasteiger partial charge in [-0.1, -0.05) is 406 Å². The first kappa shape index (κ1) is 82.9. The van der Waals surface area contributed by atoms with Crippen LogP contribution in [-0.2, 0) is 12.8 Å². The third kappa shape index (κ3) is 14.2. The molecule has 17 aromatic carbocycles. The fourth-order valence-electron chi connectivity index (χ4n) is 21.2. The second-order valence-corrected chi connectivity index (χ2v) is 35.0. The predicted molar refractivity (Wildman–Crippen MR) is 552 cm³/mol. The Balaban J connectivity index is 0.917. The van der Waals surface area contributed by atoms with Gasteiger partial charge >= 0.3 is 0 Å². The maximum Gasteiger partial charge on any atom is 0.106 e. The lowest BCUT2D eigenvalue weighted by Crippen LogP contribution is -2.09. The highest BCUT2D eigenvalue weighted by molar-refractivity contribution is 6.16. The molecule has 0 fully saturated rings. The average molecular weight is 1770 g/mol. The Bertz CT molecular complexity index is 8480. The summed E-state index contributed by atoms with van der Waals surface area (Å²) in [6, 6.07) is 142. The van der Waals surface area contributed by atoms with E-state index in [1.165, 1.54) is 0 Å². The minimum Gasteiger partial charge on any atom is -0.129 e. The van der Waals surface area contributed by atoms with Crippen molar-refractivity contribution in [2.45, 2.75) is 40.5 Å². The topological polar surface area (TPSA) is 193 Å². The van der Waals surface area contributed by atoms with E-state index in [1.807, 2.05) is 54.6 Å². The standard InChI is InChI=1S/C123H83N15/c1-74-76(3)101(122-108(82-50-24-9-25-51-82)117(127-137-132-122)87-60-34-14-35-61-87)112-97(72-89-64-40-68-94(103(89)112)119-105(79-44-18-6-19-45-79)114(124-134-129-119)84-54-28-11-29-55-84)99(74)110-93(92-67-39-38-66-91(92)78-42-16-5-17-43-78)70-71-96(121-107(81-48-22-8-23-49-81)116(126-136-131-121)86-58-32-13-33-59-86)111(110)100-75(2)77(4)102(123-109(83-52-26-10-27-53-83)118(128-138-133-123)88-62-36-15-37-63-88)113-98(100)73-90-65-41-69-95(104(90)113)120-106(80-46-20-7-21-47-80)115(125-135-130-120)85-56-30-12-31-57-85/h5-71H,72-73H2,1-4H3. The molecule has 0 spiro atoms. The van der Waals surface area contributed by atoms with Crippen LogP contribution < -0.4 is 0 Å². The minimum atomic E-state index is 0.419. The van der Waals surface area contributed by atoms with Gasteiger partial charge in [0.05, 0.1) is 0 Å². The van der Waals surface area contributed by atoms with Crippen molar-refractivity contribution in [1.29, 1.82) is 0 Å². The molecule has 650 valence electrons. The van der Waals surface area contributed by atoms with Gasteiger partial charge < -0.3 is 0 Å². The minimum absolute atomic E-state index is 0.419. The van der Waals surface area contributed by atoms with Crippen molar-refractivity contribution in [3.8, 4) is 235 Å². The average Bonchev–Trinajstić information content (AvgIpc) is 1.45. The van der Waals surface area contributed by atoms with Crippen LogP contribution in [0.25, 0.3) is 235 Å². The lowest BCUT2D eigenvalue weighted by molar-refractivity contribution is 0.877. The summed E-state index contributed by atoms with van der Waals surface area (Å²) in [5.41, 5.74) is 44.0. The molecule has 2 aliphatic rings. The van der Waals surface area contributed by atoms with E-state index in [0.29, 0.717) is 69.8 Å². The largest absolute Gasteiger partial charge is 0.129 e. The van der Waals surface area contributed by atoms with Crippen molar-refractivity contribution in [3.63, 3.8) is 0 Å². The van der Waals surface area contributed by atoms with E-state index in [2.05, 4.69) is 380 Å². The highest BCUT2D eigenvalue weighted by Gasteiger charge is 2.42. The molecule has 0 N–H and O–H groups in total. The van der Waals surface area contributed by atoms with E-state index in [0.717, 1.165) is 223 Å². The summed E-state index contributed by atoms with van der Waals surface area (Å²) in [7, 11) is 0. The number of rotatable bonds is 19. The molecule has 138 heavy (non-hydrogen) atoms. The Labute approximate surface area is 798 Å². The number of hydrogen-bond acceptors (Lipinski definition) is 15. The van der Waals surface area contributed by atoms with Crippen LogP contribution in [0.2, 0.25) is 0 Å². The molecule has 0 bridgehead atoms. The molecular weight excluding hydrogens is 1690 g/mol. The van der Waals surface area contributed by atoms with Gasteiger partial charge in [-0.15, -0.1) is 51.0 Å². The van der Waals surface area contributed by atoms with Crippen LogP contribution in [0.3, 0.4) is 0 Å². The summed E-state index contributed by atoms with van der Waals surface area (Å²) in [5.74, 6) is 0. The van der Waals surface area contributed by atoms with E-state index in [4.69, 9.17) is 77.1 Å². The first-order chi connectivity index (χ1) is 68.3. The molecule has 5 heterocycles. The Morgan fingerprint density at radius 2 is 0.341 bits per heavy atom. The van der Waals surface area contributed by atoms with Gasteiger partial charge in [0.15, 0.2) is 0 Å². The van der Waals surface area contributed by atoms with E-state index in [9.17, 15) is 0 Å². The smallest absolute Gasteiger partial charge is 0.106 e. The number of aromatic nitrogens is 15. The third-order valence-corrected chi connectivity index (χ3v) is 27.5. The Kier molecular flexibility index (Phi) is 21.3. The van der Waals surface area contributed by atoms with Gasteiger partial charge in [0.2, 0.25) is 0 Å². The summed E-state index contributed by atoms with van der Waals surface area (Å²) in [6.07, 6.45) is 0.851. The van der Waals surface area contributed by atoms with Crippen LogP contribution in [0.5, 0.6) is 0 Å². The SMILES string of the molecule is Cc1c(C)c(-c2nnnc(-c3ccccc3)c2-c2ccccc2)c2c(c1-c1c(-c3ccccc3-c3ccccc3)ccc(-c3nnnc(-c4ccccc4)c3-c3ccccc3)c1-c1c(C)c(C)c(-c3nnnc(-c4ccccc4)c3-c3ccccc3)c3c1Cc1cccc(-c4nnnc(-c5ccccc5)c4-c4ccccc4)c1-3)Cc1cccc(-c3nnnc(-c4ccccc4)c3-c3ccccc3)c1-2. The molecule has 0 aliphatic heterocycles. The van der Waals surface area contributed by atoms with Gasteiger partial charge in [-0.3, -0.25) is 0 Å². The van der Waals surface area contributed by atoms with E-state index >= 15 is 0 Å². The molecule has 22 aromatic rings. The number of benzene rings is 17. The maximum atomic E-state index is 5.59. The summed E-state index contributed by atoms with van der Waals surface area (Å²) in [4.78, 5) is 0. The van der Waals surface area contributed by atoms with Crippen molar-refractivity contribution >= 4 is 0 Å². The zero-order chi connectivity index (χ0) is 92.3. The quantitative estimate of drug-likeness (QED) is 0.0741. The normalized spacial score (nSPS) is 11.7. The van der Waals surface area contributed by atoms with Crippen molar-refractivity contribution in [3.05, 3.63) is 451 Å². The number of nitrogens with zero attached hydrogens (tertiary/aromatic N) is 15. The van der Waals surface area contributed by atoms with Gasteiger partial charge in [0.1, 0.15) is 56.9 Å². The molecule has 2 aliphatic carbocycles. The Morgan fingerprint density at radius 1 is 0.130 bits per heavy atom. The van der Waals surface area contributed by atoms with Gasteiger partial charge in [-0.25, -0.2) is 0 Å². The fraction of sp³-hybridized carbons (Fsp3) is 0.0488. The molecule has 0 saturated carbocycles. The third-order valence-electron chi connectivity index (χ3n) is 27.5. The van der Waals surface area contributed by atoms with Gasteiger partial charge in [0.25, 0.3) is 0 Å². The van der Waals surface area contributed by atoms with E-state index in [1.54, 1.807) is 0 Å². The zero-order valence-corrected chi connectivity index (χ0v) is 75.8. The predicted octanol–water partition coefficient (Wildman–Crippen LogP) is 28.7. The Hall–Kier alpha value is -18.2. The van der Waals surface area contributed by atoms with Gasteiger partial charge in [-0.05, 0) is 200 Å². The molecule has 5 aromatic heterocycles. The molecule has 0 radical (unpaired) electrons. The molecule has 0 atom stereocenters. The van der Waals surface area contributed by atoms with Gasteiger partial charge in [-0.2, -0.15) is 0 Å². The van der Waals surface area contributed by atoms with E-state index in [-0.39, 0.29) is 0 Å². The van der Waals surface area contributed by atoms with Crippen LogP contribution in [0.4, 0.5) is 0 Å². The maximum absolute atomic E-state index is 5.59. The van der Waals surface area contributed by atoms with Crippen LogP contribution in [-0.4, -0.2) is 77.1 Å². The monoisotopic (exact) mass is 1770 g/mol.